The summed E-state index contributed by atoms with van der Waals surface area (Å²) in [5.74, 6) is 0.997. The highest BCUT2D eigenvalue weighted by Gasteiger charge is 2.20. The Balaban J connectivity index is 1.94. The highest BCUT2D eigenvalue weighted by atomic mass is 79.9. The minimum absolute atomic E-state index is 0.124. The maximum absolute atomic E-state index is 12.2. The maximum atomic E-state index is 12.2. The summed E-state index contributed by atoms with van der Waals surface area (Å²) in [6.07, 6.45) is 0. The lowest BCUT2D eigenvalue weighted by molar-refractivity contribution is -0.117. The van der Waals surface area contributed by atoms with Crippen molar-refractivity contribution in [3.8, 4) is 5.75 Å². The highest BCUT2D eigenvalue weighted by Crippen LogP contribution is 2.25. The highest BCUT2D eigenvalue weighted by molar-refractivity contribution is 9.10. The second-order valence-corrected chi connectivity index (χ2v) is 7.92. The van der Waals surface area contributed by atoms with E-state index in [1.165, 1.54) is 0 Å². The Morgan fingerprint density at radius 2 is 2.08 bits per heavy atom. The van der Waals surface area contributed by atoms with Crippen molar-refractivity contribution in [1.29, 1.82) is 0 Å². The molecule has 0 aliphatic carbocycles. The summed E-state index contributed by atoms with van der Waals surface area (Å²) in [6.45, 7) is 6.92. The third kappa shape index (κ3) is 5.57. The molecule has 7 heteroatoms. The van der Waals surface area contributed by atoms with Gasteiger partial charge in [0.2, 0.25) is 11.8 Å². The smallest absolute Gasteiger partial charge is 0.240 e. The van der Waals surface area contributed by atoms with E-state index in [2.05, 4.69) is 26.4 Å². The van der Waals surface area contributed by atoms with Crippen LogP contribution in [-0.4, -0.2) is 36.7 Å². The number of hydrogen-bond acceptors (Lipinski definition) is 5. The van der Waals surface area contributed by atoms with Gasteiger partial charge in [-0.25, -0.2) is 0 Å². The van der Waals surface area contributed by atoms with E-state index < -0.39 is 0 Å². The molecule has 25 heavy (non-hydrogen) atoms. The Bertz CT molecular complexity index is 737. The molecule has 6 nitrogen and oxygen atoms in total. The van der Waals surface area contributed by atoms with Gasteiger partial charge >= 0.3 is 0 Å². The number of nitrogens with one attached hydrogen (secondary N) is 1. The predicted molar refractivity (Wildman–Crippen MR) is 101 cm³/mol. The molecule has 0 aliphatic heterocycles. The number of nitrogens with zero attached hydrogens (tertiary/aromatic N) is 2. The summed E-state index contributed by atoms with van der Waals surface area (Å²) in [5, 5.41) is 6.74. The van der Waals surface area contributed by atoms with Crippen LogP contribution in [0.15, 0.2) is 33.3 Å². The van der Waals surface area contributed by atoms with Crippen molar-refractivity contribution in [2.45, 2.75) is 32.7 Å². The summed E-state index contributed by atoms with van der Waals surface area (Å²) < 4.78 is 11.5. The zero-order valence-corrected chi connectivity index (χ0v) is 16.8. The zero-order chi connectivity index (χ0) is 18.6. The monoisotopic (exact) mass is 409 g/mol. The second kappa shape index (κ2) is 8.01. The minimum atomic E-state index is -0.159. The molecule has 2 aromatic rings. The summed E-state index contributed by atoms with van der Waals surface area (Å²) in [7, 11) is 3.51. The molecule has 0 atom stereocenters. The molecule has 2 rings (SSSR count). The van der Waals surface area contributed by atoms with Gasteiger partial charge in [-0.2, -0.15) is 0 Å². The molecule has 1 amide bonds. The first-order chi connectivity index (χ1) is 11.7. The first-order valence-electron chi connectivity index (χ1n) is 7.97. The molecular formula is C18H24BrN3O3. The van der Waals surface area contributed by atoms with E-state index in [0.717, 1.165) is 21.5 Å². The van der Waals surface area contributed by atoms with Gasteiger partial charge in [0.05, 0.1) is 19.3 Å². The number of ether oxygens (including phenoxy) is 1. The molecule has 1 aromatic heterocycles. The third-order valence-electron chi connectivity index (χ3n) is 3.64. The minimum Gasteiger partial charge on any atom is -0.496 e. The van der Waals surface area contributed by atoms with E-state index in [-0.39, 0.29) is 17.9 Å². The van der Waals surface area contributed by atoms with E-state index in [0.29, 0.717) is 12.4 Å². The van der Waals surface area contributed by atoms with Crippen molar-refractivity contribution in [3.05, 3.63) is 40.0 Å². The van der Waals surface area contributed by atoms with E-state index in [4.69, 9.17) is 9.26 Å². The lowest BCUT2D eigenvalue weighted by Crippen LogP contribution is -2.29. The summed E-state index contributed by atoms with van der Waals surface area (Å²) in [4.78, 5) is 14.1. The van der Waals surface area contributed by atoms with Crippen LogP contribution in [0.5, 0.6) is 5.75 Å². The summed E-state index contributed by atoms with van der Waals surface area (Å²) in [6, 6.07) is 7.57. The van der Waals surface area contributed by atoms with Crippen molar-refractivity contribution < 1.29 is 14.1 Å². The Hall–Kier alpha value is -1.86. The van der Waals surface area contributed by atoms with Crippen LogP contribution < -0.4 is 10.1 Å². The molecule has 1 heterocycles. The molecule has 0 unspecified atom stereocenters. The number of amides is 1. The standard InChI is InChI=1S/C18H24BrN3O3/c1-18(2,3)15-9-17(25-21-15)20-16(23)11-22(4)10-12-8-13(19)6-7-14(12)24-5/h6-9H,10-11H2,1-5H3,(H,20,23). The van der Waals surface area contributed by atoms with E-state index in [9.17, 15) is 4.79 Å². The quantitative estimate of drug-likeness (QED) is 0.785. The molecule has 0 radical (unpaired) electrons. The van der Waals surface area contributed by atoms with E-state index in [1.54, 1.807) is 13.2 Å². The molecule has 0 spiro atoms. The van der Waals surface area contributed by atoms with E-state index >= 15 is 0 Å². The topological polar surface area (TPSA) is 67.6 Å². The number of methoxy groups -OCH3 is 1. The Kier molecular flexibility index (Phi) is 6.24. The summed E-state index contributed by atoms with van der Waals surface area (Å²) >= 11 is 3.46. The lowest BCUT2D eigenvalue weighted by atomic mass is 9.92. The number of benzene rings is 1. The Labute approximate surface area is 156 Å². The molecule has 1 aromatic carbocycles. The molecule has 0 fully saturated rings. The van der Waals surface area contributed by atoms with Crippen molar-refractivity contribution in [1.82, 2.24) is 10.1 Å². The van der Waals surface area contributed by atoms with Crippen molar-refractivity contribution >= 4 is 27.7 Å². The third-order valence-corrected chi connectivity index (χ3v) is 4.13. The number of likely N-dealkylation sites (N-methyl/N-ethyl adjacent to an activating group) is 1. The van der Waals surface area contributed by atoms with Gasteiger partial charge in [0.25, 0.3) is 0 Å². The number of carbonyl (C=O) groups excluding carboxylic acids is 1. The van der Waals surface area contributed by atoms with Gasteiger partial charge in [-0.15, -0.1) is 0 Å². The fourth-order valence-electron chi connectivity index (χ4n) is 2.33. The van der Waals surface area contributed by atoms with Crippen LogP contribution in [0.25, 0.3) is 0 Å². The van der Waals surface area contributed by atoms with Crippen LogP contribution in [0, 0.1) is 0 Å². The largest absolute Gasteiger partial charge is 0.496 e. The SMILES string of the molecule is COc1ccc(Br)cc1CN(C)CC(=O)Nc1cc(C(C)(C)C)no1. The van der Waals surface area contributed by atoms with Crippen LogP contribution in [0.2, 0.25) is 0 Å². The Morgan fingerprint density at radius 1 is 1.36 bits per heavy atom. The second-order valence-electron chi connectivity index (χ2n) is 7.00. The number of aromatic nitrogens is 1. The zero-order valence-electron chi connectivity index (χ0n) is 15.2. The molecular weight excluding hydrogens is 386 g/mol. The molecule has 0 aliphatic rings. The first-order valence-corrected chi connectivity index (χ1v) is 8.76. The van der Waals surface area contributed by atoms with Crippen LogP contribution in [-0.2, 0) is 16.8 Å². The van der Waals surface area contributed by atoms with Crippen LogP contribution in [0.1, 0.15) is 32.0 Å². The number of carbonyl (C=O) groups is 1. The lowest BCUT2D eigenvalue weighted by Gasteiger charge is -2.18. The number of halogens is 1. The average molecular weight is 410 g/mol. The molecule has 0 bridgehead atoms. The van der Waals surface area contributed by atoms with Gasteiger partial charge in [0.1, 0.15) is 5.75 Å². The predicted octanol–water partition coefficient (Wildman–Crippen LogP) is 3.81. The van der Waals surface area contributed by atoms with Crippen molar-refractivity contribution in [2.75, 3.05) is 26.0 Å². The molecule has 0 saturated carbocycles. The molecule has 136 valence electrons. The van der Waals surface area contributed by atoms with Crippen molar-refractivity contribution in [3.63, 3.8) is 0 Å². The number of anilines is 1. The van der Waals surface area contributed by atoms with Gasteiger partial charge in [-0.05, 0) is 25.2 Å². The fourth-order valence-corrected chi connectivity index (χ4v) is 2.74. The number of rotatable bonds is 6. The van der Waals surface area contributed by atoms with Gasteiger partial charge in [-0.1, -0.05) is 41.9 Å². The van der Waals surface area contributed by atoms with Crippen molar-refractivity contribution in [2.24, 2.45) is 0 Å². The first kappa shape index (κ1) is 19.5. The summed E-state index contributed by atoms with van der Waals surface area (Å²) in [5.41, 5.74) is 1.68. The number of hydrogen-bond donors (Lipinski definition) is 1. The van der Waals surface area contributed by atoms with Gasteiger partial charge in [0, 0.05) is 28.1 Å². The Morgan fingerprint density at radius 3 is 2.68 bits per heavy atom. The maximum Gasteiger partial charge on any atom is 0.240 e. The molecule has 1 N–H and O–H groups in total. The van der Waals surface area contributed by atoms with Gasteiger partial charge in [-0.3, -0.25) is 15.0 Å². The average Bonchev–Trinajstić information content (AvgIpc) is 2.95. The molecule has 0 saturated heterocycles. The van der Waals surface area contributed by atoms with Gasteiger partial charge in [0.15, 0.2) is 0 Å². The van der Waals surface area contributed by atoms with Crippen LogP contribution >= 0.6 is 15.9 Å². The normalized spacial score (nSPS) is 11.6. The van der Waals surface area contributed by atoms with E-state index in [1.807, 2.05) is 50.9 Å². The van der Waals surface area contributed by atoms with Crippen LogP contribution in [0.4, 0.5) is 5.88 Å². The fraction of sp³-hybridized carbons (Fsp3) is 0.444. The van der Waals surface area contributed by atoms with Crippen LogP contribution in [0.3, 0.4) is 0 Å². The van der Waals surface area contributed by atoms with Gasteiger partial charge < -0.3 is 9.26 Å².